The van der Waals surface area contributed by atoms with E-state index in [4.69, 9.17) is 5.11 Å². The molecule has 1 aromatic heterocycles. The fraction of sp³-hybridized carbons (Fsp3) is 0.533. The van der Waals surface area contributed by atoms with Gasteiger partial charge in [0.25, 0.3) is 5.91 Å². The van der Waals surface area contributed by atoms with Crippen LogP contribution in [0.4, 0.5) is 0 Å². The van der Waals surface area contributed by atoms with Crippen LogP contribution in [0, 0.1) is 5.41 Å². The summed E-state index contributed by atoms with van der Waals surface area (Å²) in [5.74, 6) is -1.29. The van der Waals surface area contributed by atoms with E-state index in [1.165, 1.54) is 6.07 Å². The van der Waals surface area contributed by atoms with E-state index in [0.717, 1.165) is 19.3 Å². The number of amides is 1. The summed E-state index contributed by atoms with van der Waals surface area (Å²) in [5, 5.41) is 8.93. The van der Waals surface area contributed by atoms with Crippen molar-refractivity contribution >= 4 is 11.9 Å². The lowest BCUT2D eigenvalue weighted by Gasteiger charge is -2.23. The first-order valence-corrected chi connectivity index (χ1v) is 6.89. The Labute approximate surface area is 118 Å². The molecule has 5 heteroatoms. The fourth-order valence-corrected chi connectivity index (χ4v) is 2.46. The van der Waals surface area contributed by atoms with Crippen LogP contribution in [-0.4, -0.2) is 40.0 Å². The molecule has 0 bridgehead atoms. The highest BCUT2D eigenvalue weighted by molar-refractivity contribution is 5.94. The molecule has 0 spiro atoms. The third-order valence-electron chi connectivity index (χ3n) is 3.81. The molecular formula is C15H20N2O3. The SMILES string of the molecule is CC1(C)CCCN(C(=O)c2cccc(C(=O)O)n2)CC1. The number of likely N-dealkylation sites (tertiary alicyclic amines) is 1. The van der Waals surface area contributed by atoms with Gasteiger partial charge in [-0.3, -0.25) is 4.79 Å². The summed E-state index contributed by atoms with van der Waals surface area (Å²) < 4.78 is 0. The first-order chi connectivity index (χ1) is 9.39. The standard InChI is InChI=1S/C15H20N2O3/c1-15(2)7-4-9-17(10-8-15)13(18)11-5-3-6-12(16-11)14(19)20/h3,5-6H,4,7-10H2,1-2H3,(H,19,20). The van der Waals surface area contributed by atoms with E-state index in [9.17, 15) is 9.59 Å². The van der Waals surface area contributed by atoms with Crippen molar-refractivity contribution in [1.82, 2.24) is 9.88 Å². The third kappa shape index (κ3) is 3.35. The van der Waals surface area contributed by atoms with Gasteiger partial charge in [-0.2, -0.15) is 0 Å². The average Bonchev–Trinajstić information content (AvgIpc) is 2.59. The number of carboxylic acids is 1. The summed E-state index contributed by atoms with van der Waals surface area (Å²) in [6.07, 6.45) is 3.02. The van der Waals surface area contributed by atoms with Gasteiger partial charge in [-0.1, -0.05) is 19.9 Å². The van der Waals surface area contributed by atoms with Crippen LogP contribution in [0.15, 0.2) is 18.2 Å². The highest BCUT2D eigenvalue weighted by Gasteiger charge is 2.26. The number of aromatic nitrogens is 1. The molecule has 1 aromatic rings. The summed E-state index contributed by atoms with van der Waals surface area (Å²) in [5.41, 5.74) is 0.376. The largest absolute Gasteiger partial charge is 0.477 e. The molecule has 1 fully saturated rings. The Bertz CT molecular complexity index is 526. The number of rotatable bonds is 2. The van der Waals surface area contributed by atoms with Gasteiger partial charge in [-0.15, -0.1) is 0 Å². The smallest absolute Gasteiger partial charge is 0.354 e. The van der Waals surface area contributed by atoms with Crippen LogP contribution in [0.5, 0.6) is 0 Å². The predicted octanol–water partition coefficient (Wildman–Crippen LogP) is 2.43. The Morgan fingerprint density at radius 3 is 2.60 bits per heavy atom. The molecule has 1 amide bonds. The predicted molar refractivity (Wildman–Crippen MR) is 74.7 cm³/mol. The lowest BCUT2D eigenvalue weighted by atomic mass is 9.85. The van der Waals surface area contributed by atoms with E-state index in [1.807, 2.05) is 0 Å². The van der Waals surface area contributed by atoms with Gasteiger partial charge < -0.3 is 10.0 Å². The van der Waals surface area contributed by atoms with E-state index in [2.05, 4.69) is 18.8 Å². The molecule has 0 aliphatic carbocycles. The zero-order chi connectivity index (χ0) is 14.8. The fourth-order valence-electron chi connectivity index (χ4n) is 2.46. The zero-order valence-electron chi connectivity index (χ0n) is 11.9. The molecule has 108 valence electrons. The van der Waals surface area contributed by atoms with Gasteiger partial charge in [0.05, 0.1) is 0 Å². The monoisotopic (exact) mass is 276 g/mol. The molecule has 1 aliphatic rings. The summed E-state index contributed by atoms with van der Waals surface area (Å²) in [7, 11) is 0. The summed E-state index contributed by atoms with van der Waals surface area (Å²) >= 11 is 0. The molecule has 0 unspecified atom stereocenters. The third-order valence-corrected chi connectivity index (χ3v) is 3.81. The molecule has 1 N–H and O–H groups in total. The van der Waals surface area contributed by atoms with E-state index < -0.39 is 5.97 Å². The lowest BCUT2D eigenvalue weighted by molar-refractivity contribution is 0.0690. The zero-order valence-corrected chi connectivity index (χ0v) is 11.9. The molecule has 0 saturated carbocycles. The van der Waals surface area contributed by atoms with Crippen LogP contribution in [0.2, 0.25) is 0 Å². The first kappa shape index (κ1) is 14.5. The van der Waals surface area contributed by atoms with E-state index in [1.54, 1.807) is 17.0 Å². The maximum absolute atomic E-state index is 12.4. The van der Waals surface area contributed by atoms with Crippen molar-refractivity contribution in [2.24, 2.45) is 5.41 Å². The molecule has 20 heavy (non-hydrogen) atoms. The van der Waals surface area contributed by atoms with Crippen molar-refractivity contribution in [2.75, 3.05) is 13.1 Å². The summed E-state index contributed by atoms with van der Waals surface area (Å²) in [6.45, 7) is 5.83. The minimum Gasteiger partial charge on any atom is -0.477 e. The molecule has 1 aliphatic heterocycles. The van der Waals surface area contributed by atoms with Crippen molar-refractivity contribution in [1.29, 1.82) is 0 Å². The number of hydrogen-bond donors (Lipinski definition) is 1. The van der Waals surface area contributed by atoms with Crippen LogP contribution >= 0.6 is 0 Å². The molecule has 1 saturated heterocycles. The molecular weight excluding hydrogens is 256 g/mol. The van der Waals surface area contributed by atoms with Crippen LogP contribution in [0.3, 0.4) is 0 Å². The number of carbonyl (C=O) groups is 2. The highest BCUT2D eigenvalue weighted by atomic mass is 16.4. The van der Waals surface area contributed by atoms with Crippen molar-refractivity contribution in [3.05, 3.63) is 29.6 Å². The van der Waals surface area contributed by atoms with Gasteiger partial charge in [0, 0.05) is 13.1 Å². The minimum atomic E-state index is -1.11. The Morgan fingerprint density at radius 1 is 1.20 bits per heavy atom. The maximum atomic E-state index is 12.4. The molecule has 0 radical (unpaired) electrons. The van der Waals surface area contributed by atoms with Gasteiger partial charge >= 0.3 is 5.97 Å². The first-order valence-electron chi connectivity index (χ1n) is 6.89. The van der Waals surface area contributed by atoms with Crippen LogP contribution in [-0.2, 0) is 0 Å². The quantitative estimate of drug-likeness (QED) is 0.900. The topological polar surface area (TPSA) is 70.5 Å². The molecule has 0 aromatic carbocycles. The summed E-state index contributed by atoms with van der Waals surface area (Å²) in [4.78, 5) is 29.0. The van der Waals surface area contributed by atoms with E-state index in [-0.39, 0.29) is 22.7 Å². The van der Waals surface area contributed by atoms with Crippen LogP contribution < -0.4 is 0 Å². The number of aromatic carboxylic acids is 1. The van der Waals surface area contributed by atoms with Gasteiger partial charge in [0.15, 0.2) is 0 Å². The molecule has 2 heterocycles. The van der Waals surface area contributed by atoms with Crippen LogP contribution in [0.25, 0.3) is 0 Å². The Kier molecular flexibility index (Phi) is 4.06. The van der Waals surface area contributed by atoms with Crippen molar-refractivity contribution < 1.29 is 14.7 Å². The number of nitrogens with zero attached hydrogens (tertiary/aromatic N) is 2. The number of pyridine rings is 1. The van der Waals surface area contributed by atoms with E-state index in [0.29, 0.717) is 13.1 Å². The second-order valence-electron chi connectivity index (χ2n) is 6.02. The normalized spacial score (nSPS) is 18.4. The van der Waals surface area contributed by atoms with Crippen molar-refractivity contribution in [3.63, 3.8) is 0 Å². The van der Waals surface area contributed by atoms with E-state index >= 15 is 0 Å². The molecule has 5 nitrogen and oxygen atoms in total. The lowest BCUT2D eigenvalue weighted by Crippen LogP contribution is -2.33. The van der Waals surface area contributed by atoms with Crippen LogP contribution in [0.1, 0.15) is 54.1 Å². The average molecular weight is 276 g/mol. The number of carboxylic acid groups (broad SMARTS) is 1. The van der Waals surface area contributed by atoms with Gasteiger partial charge in [-0.25, -0.2) is 9.78 Å². The number of hydrogen-bond acceptors (Lipinski definition) is 3. The Hall–Kier alpha value is -1.91. The van der Waals surface area contributed by atoms with Crippen molar-refractivity contribution in [3.8, 4) is 0 Å². The van der Waals surface area contributed by atoms with Gasteiger partial charge in [0.1, 0.15) is 11.4 Å². The minimum absolute atomic E-state index is 0.0917. The second kappa shape index (κ2) is 5.61. The molecule has 2 rings (SSSR count). The number of carbonyl (C=O) groups excluding carboxylic acids is 1. The van der Waals surface area contributed by atoms with Crippen molar-refractivity contribution in [2.45, 2.75) is 33.1 Å². The summed E-state index contributed by atoms with van der Waals surface area (Å²) in [6, 6.07) is 4.53. The molecule has 0 atom stereocenters. The second-order valence-corrected chi connectivity index (χ2v) is 6.02. The van der Waals surface area contributed by atoms with Gasteiger partial charge in [-0.05, 0) is 36.8 Å². The Morgan fingerprint density at radius 2 is 1.90 bits per heavy atom. The highest BCUT2D eigenvalue weighted by Crippen LogP contribution is 2.30. The Balaban J connectivity index is 2.15. The maximum Gasteiger partial charge on any atom is 0.354 e. The van der Waals surface area contributed by atoms with Gasteiger partial charge in [0.2, 0.25) is 0 Å².